The van der Waals surface area contributed by atoms with E-state index in [1.54, 1.807) is 0 Å². The minimum absolute atomic E-state index is 0.190. The lowest BCUT2D eigenvalue weighted by molar-refractivity contribution is -0.165. The molecule has 0 saturated heterocycles. The predicted octanol–water partition coefficient (Wildman–Crippen LogP) is -0.267. The van der Waals surface area contributed by atoms with Gasteiger partial charge in [-0.05, 0) is 6.92 Å². The first-order valence-electron chi connectivity index (χ1n) is 3.68. The minimum Gasteiger partial charge on any atom is -0.473 e. The molecule has 14 heavy (non-hydrogen) atoms. The molecule has 0 aliphatic carbocycles. The third-order valence-electron chi connectivity index (χ3n) is 1.07. The van der Waals surface area contributed by atoms with E-state index in [0.717, 1.165) is 0 Å². The zero-order valence-electron chi connectivity index (χ0n) is 7.61. The normalized spacial score (nSPS) is 8.93. The smallest absolute Gasteiger partial charge is 0.417 e. The molecule has 0 aliphatic rings. The fraction of sp³-hybridized carbons (Fsp3) is 0.375. The second-order valence-electron chi connectivity index (χ2n) is 2.36. The van der Waals surface area contributed by atoms with Crippen LogP contribution in [0, 0.1) is 0 Å². The van der Waals surface area contributed by atoms with E-state index in [9.17, 15) is 14.4 Å². The molecule has 0 unspecified atom stereocenters. The second kappa shape index (κ2) is 5.74. The van der Waals surface area contributed by atoms with Crippen LogP contribution < -0.4 is 0 Å². The topological polar surface area (TPSA) is 89.9 Å². The van der Waals surface area contributed by atoms with Crippen LogP contribution in [-0.4, -0.2) is 36.2 Å². The van der Waals surface area contributed by atoms with E-state index >= 15 is 0 Å². The van der Waals surface area contributed by atoms with Gasteiger partial charge in [0.05, 0.1) is 0 Å². The third-order valence-corrected chi connectivity index (χ3v) is 1.07. The maximum absolute atomic E-state index is 10.7. The molecule has 6 nitrogen and oxygen atoms in total. The number of carbonyl (C=O) groups is 3. The molecule has 6 heteroatoms. The fourth-order valence-electron chi connectivity index (χ4n) is 0.454. The van der Waals surface area contributed by atoms with E-state index in [4.69, 9.17) is 5.11 Å². The van der Waals surface area contributed by atoms with Gasteiger partial charge in [-0.3, -0.25) is 0 Å². The molecule has 0 bridgehead atoms. The number of hydrogen-bond acceptors (Lipinski definition) is 5. The van der Waals surface area contributed by atoms with Crippen molar-refractivity contribution in [3.63, 3.8) is 0 Å². The number of hydrogen-bond donors (Lipinski definition) is 1. The van der Waals surface area contributed by atoms with Crippen LogP contribution in [0.5, 0.6) is 0 Å². The highest BCUT2D eigenvalue weighted by atomic mass is 16.6. The van der Waals surface area contributed by atoms with E-state index < -0.39 is 17.9 Å². The number of esters is 2. The molecule has 0 spiro atoms. The van der Waals surface area contributed by atoms with Gasteiger partial charge in [-0.25, -0.2) is 14.4 Å². The Balaban J connectivity index is 3.57. The summed E-state index contributed by atoms with van der Waals surface area (Å²) < 4.78 is 8.71. The lowest BCUT2D eigenvalue weighted by atomic mass is 10.4. The molecule has 0 radical (unpaired) electrons. The van der Waals surface area contributed by atoms with E-state index in [2.05, 4.69) is 16.1 Å². The highest BCUT2D eigenvalue weighted by molar-refractivity contribution is 6.28. The minimum atomic E-state index is -1.68. The predicted molar refractivity (Wildman–Crippen MR) is 44.4 cm³/mol. The van der Waals surface area contributed by atoms with Crippen LogP contribution in [0.4, 0.5) is 0 Å². The number of ether oxygens (including phenoxy) is 2. The zero-order chi connectivity index (χ0) is 11.1. The fourth-order valence-corrected chi connectivity index (χ4v) is 0.454. The second-order valence-corrected chi connectivity index (χ2v) is 2.36. The molecule has 0 saturated carbocycles. The molecule has 0 aromatic carbocycles. The number of rotatable bonds is 4. The highest BCUT2D eigenvalue weighted by Gasteiger charge is 2.12. The molecular formula is C8H10O6. The summed E-state index contributed by atoms with van der Waals surface area (Å²) in [6, 6.07) is 0. The Morgan fingerprint density at radius 3 is 1.93 bits per heavy atom. The van der Waals surface area contributed by atoms with Crippen molar-refractivity contribution in [2.24, 2.45) is 0 Å². The zero-order valence-corrected chi connectivity index (χ0v) is 7.61. The van der Waals surface area contributed by atoms with E-state index in [0.29, 0.717) is 0 Å². The first-order chi connectivity index (χ1) is 6.45. The van der Waals surface area contributed by atoms with Crippen molar-refractivity contribution >= 4 is 17.9 Å². The van der Waals surface area contributed by atoms with E-state index in [-0.39, 0.29) is 18.8 Å². The van der Waals surface area contributed by atoms with Crippen molar-refractivity contribution in [3.05, 3.63) is 12.2 Å². The molecule has 0 atom stereocenters. The Labute approximate surface area is 80.1 Å². The van der Waals surface area contributed by atoms with Crippen LogP contribution in [0.1, 0.15) is 6.92 Å². The van der Waals surface area contributed by atoms with Gasteiger partial charge in [0, 0.05) is 5.57 Å². The van der Waals surface area contributed by atoms with Gasteiger partial charge in [0.25, 0.3) is 0 Å². The summed E-state index contributed by atoms with van der Waals surface area (Å²) in [6.45, 7) is 4.31. The van der Waals surface area contributed by atoms with Gasteiger partial charge in [0.1, 0.15) is 13.2 Å². The average molecular weight is 202 g/mol. The summed E-state index contributed by atoms with van der Waals surface area (Å²) in [4.78, 5) is 31.0. The maximum atomic E-state index is 10.7. The van der Waals surface area contributed by atoms with Crippen molar-refractivity contribution in [1.29, 1.82) is 0 Å². The average Bonchev–Trinajstić information content (AvgIpc) is 2.11. The van der Waals surface area contributed by atoms with Crippen LogP contribution in [-0.2, 0) is 23.9 Å². The standard InChI is InChI=1S/C8H10O6/c1-5(2)7(11)13-3-4-14-8(12)6(9)10/h1,3-4H2,2H3,(H,9,10). The van der Waals surface area contributed by atoms with Crippen molar-refractivity contribution in [2.75, 3.05) is 13.2 Å². The number of carbonyl (C=O) groups excluding carboxylic acids is 2. The van der Waals surface area contributed by atoms with Gasteiger partial charge in [-0.2, -0.15) is 0 Å². The summed E-state index contributed by atoms with van der Waals surface area (Å²) >= 11 is 0. The van der Waals surface area contributed by atoms with E-state index in [1.165, 1.54) is 6.92 Å². The van der Waals surface area contributed by atoms with Crippen LogP contribution in [0.25, 0.3) is 0 Å². The largest absolute Gasteiger partial charge is 0.473 e. The Morgan fingerprint density at radius 1 is 1.14 bits per heavy atom. The Hall–Kier alpha value is -1.85. The molecule has 0 amide bonds. The summed E-state index contributed by atoms with van der Waals surface area (Å²) in [6.07, 6.45) is 0. The first kappa shape index (κ1) is 12.2. The number of aliphatic carboxylic acids is 1. The molecule has 0 aromatic heterocycles. The molecule has 0 heterocycles. The van der Waals surface area contributed by atoms with E-state index in [1.807, 2.05) is 0 Å². The van der Waals surface area contributed by atoms with Crippen molar-refractivity contribution in [3.8, 4) is 0 Å². The third kappa shape index (κ3) is 4.91. The Bertz CT molecular complexity index is 239. The van der Waals surface area contributed by atoms with Crippen LogP contribution in [0.3, 0.4) is 0 Å². The molecular weight excluding hydrogens is 192 g/mol. The lowest BCUT2D eigenvalue weighted by Gasteiger charge is -2.03. The molecule has 0 rings (SSSR count). The summed E-state index contributed by atoms with van der Waals surface area (Å²) in [5.41, 5.74) is 0.217. The van der Waals surface area contributed by atoms with Gasteiger partial charge < -0.3 is 14.6 Å². The van der Waals surface area contributed by atoms with Gasteiger partial charge in [0.15, 0.2) is 0 Å². The van der Waals surface area contributed by atoms with Crippen LogP contribution in [0.2, 0.25) is 0 Å². The van der Waals surface area contributed by atoms with Crippen molar-refractivity contribution < 1.29 is 29.0 Å². The molecule has 0 aromatic rings. The van der Waals surface area contributed by atoms with Crippen molar-refractivity contribution in [2.45, 2.75) is 6.92 Å². The monoisotopic (exact) mass is 202 g/mol. The number of carboxylic acid groups (broad SMARTS) is 1. The molecule has 1 N–H and O–H groups in total. The van der Waals surface area contributed by atoms with Gasteiger partial charge >= 0.3 is 17.9 Å². The first-order valence-corrected chi connectivity index (χ1v) is 3.68. The maximum Gasteiger partial charge on any atom is 0.417 e. The molecule has 0 aliphatic heterocycles. The van der Waals surface area contributed by atoms with Gasteiger partial charge in [-0.15, -0.1) is 0 Å². The van der Waals surface area contributed by atoms with Crippen LogP contribution >= 0.6 is 0 Å². The lowest BCUT2D eigenvalue weighted by Crippen LogP contribution is -2.19. The number of carboxylic acids is 1. The Morgan fingerprint density at radius 2 is 1.57 bits per heavy atom. The quantitative estimate of drug-likeness (QED) is 0.292. The SMILES string of the molecule is C=C(C)C(=O)OCCOC(=O)C(=O)O. The van der Waals surface area contributed by atoms with Crippen molar-refractivity contribution in [1.82, 2.24) is 0 Å². The van der Waals surface area contributed by atoms with Crippen LogP contribution in [0.15, 0.2) is 12.2 Å². The summed E-state index contributed by atoms with van der Waals surface area (Å²) in [5.74, 6) is -3.68. The summed E-state index contributed by atoms with van der Waals surface area (Å²) in [7, 11) is 0. The highest BCUT2D eigenvalue weighted by Crippen LogP contribution is 1.91. The summed E-state index contributed by atoms with van der Waals surface area (Å²) in [5, 5.41) is 8.08. The van der Waals surface area contributed by atoms with Gasteiger partial charge in [0.2, 0.25) is 0 Å². The molecule has 78 valence electrons. The molecule has 0 fully saturated rings. The Kier molecular flexibility index (Phi) is 4.98. The van der Waals surface area contributed by atoms with Gasteiger partial charge in [-0.1, -0.05) is 6.58 Å².